The molecule has 2 N–H and O–H groups in total. The number of carbonyl (C=O) groups excluding carboxylic acids is 1. The van der Waals surface area contributed by atoms with E-state index in [1.807, 2.05) is 0 Å². The molecule has 11 heavy (non-hydrogen) atoms. The van der Waals surface area contributed by atoms with E-state index in [0.717, 1.165) is 0 Å². The second-order valence-electron chi connectivity index (χ2n) is 1.84. The lowest BCUT2D eigenvalue weighted by Crippen LogP contribution is -1.99. The van der Waals surface area contributed by atoms with Crippen LogP contribution in [-0.4, -0.2) is 29.9 Å². The highest BCUT2D eigenvalue weighted by Crippen LogP contribution is 2.10. The highest BCUT2D eigenvalue weighted by atomic mass is 16.1. The SMILES string of the molecule is CN/C=N\c1[nH]ncc1C=O. The quantitative estimate of drug-likeness (QED) is 0.366. The van der Waals surface area contributed by atoms with Crippen molar-refractivity contribution in [3.05, 3.63) is 11.8 Å². The van der Waals surface area contributed by atoms with Crippen LogP contribution in [0.3, 0.4) is 0 Å². The molecule has 0 saturated heterocycles. The number of aromatic nitrogens is 2. The van der Waals surface area contributed by atoms with Crippen LogP contribution in [0.1, 0.15) is 10.4 Å². The van der Waals surface area contributed by atoms with E-state index >= 15 is 0 Å². The minimum atomic E-state index is 0.455. The number of hydrogen-bond acceptors (Lipinski definition) is 3. The number of rotatable bonds is 3. The first-order chi connectivity index (χ1) is 5.38. The standard InChI is InChI=1S/C6H8N4O/c1-7-4-8-6-5(3-11)2-9-10-6/h2-4H,1H3,(H2,7,8,9,10). The average Bonchev–Trinajstić information content (AvgIpc) is 2.47. The summed E-state index contributed by atoms with van der Waals surface area (Å²) >= 11 is 0. The smallest absolute Gasteiger partial charge is 0.160 e. The zero-order valence-corrected chi connectivity index (χ0v) is 6.03. The van der Waals surface area contributed by atoms with Crippen LogP contribution in [0.2, 0.25) is 0 Å². The van der Waals surface area contributed by atoms with Gasteiger partial charge in [0, 0.05) is 7.05 Å². The Morgan fingerprint density at radius 1 is 1.82 bits per heavy atom. The van der Waals surface area contributed by atoms with Crippen molar-refractivity contribution in [1.29, 1.82) is 0 Å². The van der Waals surface area contributed by atoms with Crippen LogP contribution in [0.5, 0.6) is 0 Å². The lowest BCUT2D eigenvalue weighted by atomic mass is 10.4. The van der Waals surface area contributed by atoms with Gasteiger partial charge in [0.2, 0.25) is 0 Å². The van der Waals surface area contributed by atoms with Gasteiger partial charge < -0.3 is 5.32 Å². The monoisotopic (exact) mass is 152 g/mol. The van der Waals surface area contributed by atoms with E-state index in [0.29, 0.717) is 17.7 Å². The van der Waals surface area contributed by atoms with E-state index < -0.39 is 0 Å². The van der Waals surface area contributed by atoms with Gasteiger partial charge >= 0.3 is 0 Å². The summed E-state index contributed by atoms with van der Waals surface area (Å²) < 4.78 is 0. The molecule has 58 valence electrons. The van der Waals surface area contributed by atoms with Crippen LogP contribution in [0.15, 0.2) is 11.2 Å². The zero-order valence-electron chi connectivity index (χ0n) is 6.03. The predicted molar refractivity (Wildman–Crippen MR) is 41.2 cm³/mol. The van der Waals surface area contributed by atoms with Crippen LogP contribution in [0.25, 0.3) is 0 Å². The molecule has 1 heterocycles. The molecule has 1 rings (SSSR count). The molecule has 0 bridgehead atoms. The zero-order chi connectivity index (χ0) is 8.10. The molecule has 0 fully saturated rings. The van der Waals surface area contributed by atoms with Crippen LogP contribution < -0.4 is 5.32 Å². The fourth-order valence-corrected chi connectivity index (χ4v) is 0.607. The number of nitrogens with zero attached hydrogens (tertiary/aromatic N) is 2. The average molecular weight is 152 g/mol. The fraction of sp³-hybridized carbons (Fsp3) is 0.167. The van der Waals surface area contributed by atoms with Crippen LogP contribution in [-0.2, 0) is 0 Å². The molecule has 0 saturated carbocycles. The van der Waals surface area contributed by atoms with E-state index in [4.69, 9.17) is 0 Å². The molecule has 0 radical (unpaired) electrons. The second-order valence-corrected chi connectivity index (χ2v) is 1.84. The van der Waals surface area contributed by atoms with Gasteiger partial charge in [-0.05, 0) is 0 Å². The topological polar surface area (TPSA) is 70.1 Å². The van der Waals surface area contributed by atoms with Gasteiger partial charge in [-0.1, -0.05) is 0 Å². The van der Waals surface area contributed by atoms with E-state index in [1.54, 1.807) is 7.05 Å². The van der Waals surface area contributed by atoms with Gasteiger partial charge in [-0.25, -0.2) is 4.99 Å². The van der Waals surface area contributed by atoms with Crippen LogP contribution in [0.4, 0.5) is 5.82 Å². The minimum absolute atomic E-state index is 0.455. The van der Waals surface area contributed by atoms with Gasteiger partial charge in [-0.2, -0.15) is 5.10 Å². The predicted octanol–water partition coefficient (Wildman–Crippen LogP) is 0.101. The van der Waals surface area contributed by atoms with Gasteiger partial charge in [-0.15, -0.1) is 0 Å². The number of aldehydes is 1. The lowest BCUT2D eigenvalue weighted by molar-refractivity contribution is 0.112. The maximum absolute atomic E-state index is 10.3. The summed E-state index contributed by atoms with van der Waals surface area (Å²) in [6.07, 6.45) is 3.60. The van der Waals surface area contributed by atoms with Crippen LogP contribution >= 0.6 is 0 Å². The number of aliphatic imine (C=N–C) groups is 1. The summed E-state index contributed by atoms with van der Waals surface area (Å²) in [6, 6.07) is 0. The molecule has 0 aliphatic carbocycles. The second kappa shape index (κ2) is 3.50. The van der Waals surface area contributed by atoms with Crippen molar-refractivity contribution in [2.24, 2.45) is 4.99 Å². The molecule has 0 spiro atoms. The first kappa shape index (κ1) is 7.46. The number of carbonyl (C=O) groups is 1. The van der Waals surface area contributed by atoms with E-state index in [-0.39, 0.29) is 0 Å². The number of H-pyrrole nitrogens is 1. The Hall–Kier alpha value is -1.65. The van der Waals surface area contributed by atoms with Crippen molar-refractivity contribution in [2.75, 3.05) is 7.05 Å². The third-order valence-corrected chi connectivity index (χ3v) is 1.10. The summed E-state index contributed by atoms with van der Waals surface area (Å²) in [4.78, 5) is 14.2. The molecule has 0 aliphatic rings. The van der Waals surface area contributed by atoms with E-state index in [2.05, 4.69) is 20.5 Å². The summed E-state index contributed by atoms with van der Waals surface area (Å²) in [5, 5.41) is 8.92. The third-order valence-electron chi connectivity index (χ3n) is 1.10. The number of nitrogens with one attached hydrogen (secondary N) is 2. The Morgan fingerprint density at radius 3 is 3.27 bits per heavy atom. The molecular weight excluding hydrogens is 144 g/mol. The fourth-order valence-electron chi connectivity index (χ4n) is 0.607. The highest BCUT2D eigenvalue weighted by Gasteiger charge is 1.99. The largest absolute Gasteiger partial charge is 0.379 e. The van der Waals surface area contributed by atoms with E-state index in [1.165, 1.54) is 12.5 Å². The Bertz CT molecular complexity index is 265. The minimum Gasteiger partial charge on any atom is -0.379 e. The van der Waals surface area contributed by atoms with Crippen molar-refractivity contribution < 1.29 is 4.79 Å². The third kappa shape index (κ3) is 1.64. The Morgan fingerprint density at radius 2 is 2.64 bits per heavy atom. The molecule has 0 aromatic carbocycles. The van der Waals surface area contributed by atoms with Crippen molar-refractivity contribution in [1.82, 2.24) is 15.5 Å². The van der Waals surface area contributed by atoms with Gasteiger partial charge in [0.25, 0.3) is 0 Å². The summed E-state index contributed by atoms with van der Waals surface area (Å²) in [7, 11) is 1.72. The first-order valence-electron chi connectivity index (χ1n) is 3.07. The molecule has 0 atom stereocenters. The Labute approximate surface area is 63.5 Å². The molecule has 0 aliphatic heterocycles. The van der Waals surface area contributed by atoms with E-state index in [9.17, 15) is 4.79 Å². The first-order valence-corrected chi connectivity index (χ1v) is 3.07. The lowest BCUT2D eigenvalue weighted by Gasteiger charge is -1.86. The number of hydrogen-bond donors (Lipinski definition) is 2. The summed E-state index contributed by atoms with van der Waals surface area (Å²) in [6.45, 7) is 0. The van der Waals surface area contributed by atoms with Crippen LogP contribution in [0, 0.1) is 0 Å². The van der Waals surface area contributed by atoms with Crippen molar-refractivity contribution in [3.8, 4) is 0 Å². The normalized spacial score (nSPS) is 10.3. The van der Waals surface area contributed by atoms with Gasteiger partial charge in [0.1, 0.15) is 0 Å². The molecule has 1 aromatic rings. The van der Waals surface area contributed by atoms with Crippen molar-refractivity contribution >= 4 is 18.4 Å². The Balaban J connectivity index is 2.84. The molecule has 0 amide bonds. The van der Waals surface area contributed by atoms with Gasteiger partial charge in [-0.3, -0.25) is 9.89 Å². The molecular formula is C6H8N4O. The maximum Gasteiger partial charge on any atom is 0.160 e. The van der Waals surface area contributed by atoms with Gasteiger partial charge in [0.05, 0.1) is 18.1 Å². The summed E-state index contributed by atoms with van der Waals surface area (Å²) in [5.41, 5.74) is 0.455. The summed E-state index contributed by atoms with van der Waals surface area (Å²) in [5.74, 6) is 0.467. The molecule has 0 unspecified atom stereocenters. The van der Waals surface area contributed by atoms with Crippen molar-refractivity contribution in [2.45, 2.75) is 0 Å². The number of aromatic amines is 1. The van der Waals surface area contributed by atoms with Gasteiger partial charge in [0.15, 0.2) is 12.1 Å². The Kier molecular flexibility index (Phi) is 2.37. The van der Waals surface area contributed by atoms with Crippen molar-refractivity contribution in [3.63, 3.8) is 0 Å². The maximum atomic E-state index is 10.3. The molecule has 5 heteroatoms. The highest BCUT2D eigenvalue weighted by molar-refractivity contribution is 5.82. The molecule has 5 nitrogen and oxygen atoms in total. The molecule has 1 aromatic heterocycles.